The van der Waals surface area contributed by atoms with Gasteiger partial charge in [0.15, 0.2) is 15.0 Å². The van der Waals surface area contributed by atoms with E-state index in [0.717, 1.165) is 17.9 Å². The highest BCUT2D eigenvalue weighted by Gasteiger charge is 2.49. The average molecular weight is 383 g/mol. The number of carbonyl (C=O) groups is 1. The van der Waals surface area contributed by atoms with Crippen molar-refractivity contribution in [3.8, 4) is 5.75 Å². The molecule has 2 saturated heterocycles. The van der Waals surface area contributed by atoms with Gasteiger partial charge in [-0.1, -0.05) is 25.6 Å². The number of sulfone groups is 1. The van der Waals surface area contributed by atoms with Crippen molar-refractivity contribution in [2.45, 2.75) is 31.6 Å². The molecule has 0 spiro atoms. The summed E-state index contributed by atoms with van der Waals surface area (Å²) in [7, 11) is -1.46. The summed E-state index contributed by atoms with van der Waals surface area (Å²) in [6.45, 7) is 3.81. The first-order chi connectivity index (χ1) is 11.8. The minimum absolute atomic E-state index is 0.0874. The van der Waals surface area contributed by atoms with Crippen LogP contribution in [-0.4, -0.2) is 49.4 Å². The van der Waals surface area contributed by atoms with Crippen molar-refractivity contribution in [3.63, 3.8) is 0 Å². The minimum Gasteiger partial charge on any atom is -0.497 e. The van der Waals surface area contributed by atoms with E-state index in [4.69, 9.17) is 4.74 Å². The van der Waals surface area contributed by atoms with Gasteiger partial charge in [0.25, 0.3) is 5.91 Å². The van der Waals surface area contributed by atoms with E-state index in [2.05, 4.69) is 4.99 Å². The fourth-order valence-corrected chi connectivity index (χ4v) is 6.91. The second-order valence-electron chi connectivity index (χ2n) is 6.41. The van der Waals surface area contributed by atoms with Crippen molar-refractivity contribution in [3.05, 3.63) is 24.3 Å². The SMILES string of the molecule is CCC(C)C(=O)N=C1SC2CS(=O)(=O)CC2N1c1ccc(OC)cc1. The third kappa shape index (κ3) is 3.69. The van der Waals surface area contributed by atoms with Gasteiger partial charge < -0.3 is 9.64 Å². The first-order valence-electron chi connectivity index (χ1n) is 8.27. The van der Waals surface area contributed by atoms with Crippen LogP contribution in [-0.2, 0) is 14.6 Å². The maximum atomic E-state index is 12.3. The topological polar surface area (TPSA) is 76.0 Å². The van der Waals surface area contributed by atoms with Gasteiger partial charge in [0, 0.05) is 16.9 Å². The number of carbonyl (C=O) groups excluding carboxylic acids is 1. The van der Waals surface area contributed by atoms with Crippen LogP contribution in [0.25, 0.3) is 0 Å². The van der Waals surface area contributed by atoms with Crippen LogP contribution in [0.2, 0.25) is 0 Å². The molecule has 0 saturated carbocycles. The number of methoxy groups -OCH3 is 1. The molecular weight excluding hydrogens is 360 g/mol. The molecule has 3 atom stereocenters. The fourth-order valence-electron chi connectivity index (χ4n) is 2.99. The molecular formula is C17H22N2O4S2. The molecule has 0 radical (unpaired) electrons. The Morgan fingerprint density at radius 2 is 2.04 bits per heavy atom. The van der Waals surface area contributed by atoms with Crippen molar-refractivity contribution in [1.82, 2.24) is 0 Å². The summed E-state index contributed by atoms with van der Waals surface area (Å²) in [4.78, 5) is 18.5. The number of ether oxygens (including phenoxy) is 1. The Bertz CT molecular complexity index is 789. The Morgan fingerprint density at radius 3 is 2.64 bits per heavy atom. The summed E-state index contributed by atoms with van der Waals surface area (Å²) in [5, 5.41) is 0.510. The predicted molar refractivity (Wildman–Crippen MR) is 101 cm³/mol. The molecule has 0 aromatic heterocycles. The second-order valence-corrected chi connectivity index (χ2v) is 9.77. The Morgan fingerprint density at radius 1 is 1.36 bits per heavy atom. The Labute approximate surface area is 152 Å². The fraction of sp³-hybridized carbons (Fsp3) is 0.529. The highest BCUT2D eigenvalue weighted by molar-refractivity contribution is 8.16. The zero-order valence-electron chi connectivity index (χ0n) is 14.5. The summed E-state index contributed by atoms with van der Waals surface area (Å²) >= 11 is 1.40. The van der Waals surface area contributed by atoms with Gasteiger partial charge >= 0.3 is 0 Å². The van der Waals surface area contributed by atoms with E-state index in [-0.39, 0.29) is 34.6 Å². The van der Waals surface area contributed by atoms with Crippen LogP contribution < -0.4 is 9.64 Å². The zero-order chi connectivity index (χ0) is 18.2. The number of amides is 1. The molecule has 25 heavy (non-hydrogen) atoms. The monoisotopic (exact) mass is 382 g/mol. The maximum absolute atomic E-state index is 12.3. The van der Waals surface area contributed by atoms with Crippen molar-refractivity contribution in [2.24, 2.45) is 10.9 Å². The van der Waals surface area contributed by atoms with Gasteiger partial charge in [-0.05, 0) is 30.7 Å². The first-order valence-corrected chi connectivity index (χ1v) is 11.0. The molecule has 2 aliphatic heterocycles. The molecule has 0 bridgehead atoms. The summed E-state index contributed by atoms with van der Waals surface area (Å²) in [6.07, 6.45) is 0.726. The van der Waals surface area contributed by atoms with E-state index in [9.17, 15) is 13.2 Å². The lowest BCUT2D eigenvalue weighted by atomic mass is 10.1. The highest BCUT2D eigenvalue weighted by atomic mass is 32.2. The molecule has 3 unspecified atom stereocenters. The number of aliphatic imine (C=N–C) groups is 1. The van der Waals surface area contributed by atoms with Gasteiger partial charge in [0.2, 0.25) is 0 Å². The smallest absolute Gasteiger partial charge is 0.250 e. The lowest BCUT2D eigenvalue weighted by Crippen LogP contribution is -2.37. The van der Waals surface area contributed by atoms with Crippen LogP contribution in [0.3, 0.4) is 0 Å². The number of rotatable bonds is 4. The number of nitrogens with zero attached hydrogens (tertiary/aromatic N) is 2. The van der Waals surface area contributed by atoms with Crippen LogP contribution in [0.5, 0.6) is 5.75 Å². The molecule has 1 amide bonds. The molecule has 0 N–H and O–H groups in total. The lowest BCUT2D eigenvalue weighted by Gasteiger charge is -2.24. The third-order valence-electron chi connectivity index (χ3n) is 4.66. The van der Waals surface area contributed by atoms with Gasteiger partial charge in [-0.2, -0.15) is 4.99 Å². The Balaban J connectivity index is 1.97. The number of hydrogen-bond donors (Lipinski definition) is 0. The summed E-state index contributed by atoms with van der Waals surface area (Å²) in [6, 6.07) is 7.20. The molecule has 8 heteroatoms. The number of anilines is 1. The first kappa shape index (κ1) is 18.3. The van der Waals surface area contributed by atoms with Gasteiger partial charge in [0.1, 0.15) is 5.75 Å². The van der Waals surface area contributed by atoms with Gasteiger partial charge in [0.05, 0.1) is 24.7 Å². The minimum atomic E-state index is -3.06. The number of fused-ring (bicyclic) bond motifs is 1. The van der Waals surface area contributed by atoms with Gasteiger partial charge in [-0.15, -0.1) is 0 Å². The van der Waals surface area contributed by atoms with Crippen LogP contribution >= 0.6 is 11.8 Å². The van der Waals surface area contributed by atoms with E-state index in [1.165, 1.54) is 11.8 Å². The second kappa shape index (κ2) is 6.99. The maximum Gasteiger partial charge on any atom is 0.250 e. The lowest BCUT2D eigenvalue weighted by molar-refractivity contribution is -0.121. The summed E-state index contributed by atoms with van der Waals surface area (Å²) in [5.41, 5.74) is 0.827. The molecule has 1 aromatic carbocycles. The Hall–Kier alpha value is -1.54. The normalized spacial score (nSPS) is 27.3. The number of hydrogen-bond acceptors (Lipinski definition) is 5. The van der Waals surface area contributed by atoms with Gasteiger partial charge in [-0.3, -0.25) is 4.79 Å². The number of benzene rings is 1. The van der Waals surface area contributed by atoms with Crippen molar-refractivity contribution < 1.29 is 17.9 Å². The van der Waals surface area contributed by atoms with Crippen LogP contribution in [0, 0.1) is 5.92 Å². The van der Waals surface area contributed by atoms with Crippen LogP contribution in [0.1, 0.15) is 20.3 Å². The predicted octanol–water partition coefficient (Wildman–Crippen LogP) is 2.34. The number of thioether (sulfide) groups is 1. The van der Waals surface area contributed by atoms with E-state index in [1.54, 1.807) is 7.11 Å². The molecule has 6 nitrogen and oxygen atoms in total. The van der Waals surface area contributed by atoms with E-state index in [1.807, 2.05) is 43.0 Å². The van der Waals surface area contributed by atoms with Gasteiger partial charge in [-0.25, -0.2) is 8.42 Å². The third-order valence-corrected chi connectivity index (χ3v) is 7.87. The molecule has 0 aliphatic carbocycles. The molecule has 136 valence electrons. The zero-order valence-corrected chi connectivity index (χ0v) is 16.1. The highest BCUT2D eigenvalue weighted by Crippen LogP contribution is 2.41. The number of amidine groups is 1. The van der Waals surface area contributed by atoms with Crippen LogP contribution in [0.4, 0.5) is 5.69 Å². The Kier molecular flexibility index (Phi) is 5.11. The van der Waals surface area contributed by atoms with Crippen LogP contribution in [0.15, 0.2) is 29.3 Å². The summed E-state index contributed by atoms with van der Waals surface area (Å²) < 4.78 is 29.3. The quantitative estimate of drug-likeness (QED) is 0.796. The van der Waals surface area contributed by atoms with Crippen molar-refractivity contribution in [1.29, 1.82) is 0 Å². The molecule has 2 heterocycles. The average Bonchev–Trinajstić information content (AvgIpc) is 3.05. The molecule has 2 fully saturated rings. The largest absolute Gasteiger partial charge is 0.497 e. The van der Waals surface area contributed by atoms with E-state index >= 15 is 0 Å². The standard InChI is InChI=1S/C17H22N2O4S2/c1-4-11(2)16(20)18-17-19(12-5-7-13(23-3)8-6-12)14-9-25(21,22)10-15(14)24-17/h5-8,11,14-15H,4,9-10H2,1-3H3. The molecule has 1 aromatic rings. The molecule has 2 aliphatic rings. The van der Waals surface area contributed by atoms with E-state index < -0.39 is 9.84 Å². The summed E-state index contributed by atoms with van der Waals surface area (Å²) in [5.74, 6) is 0.639. The van der Waals surface area contributed by atoms with E-state index in [0.29, 0.717) is 5.17 Å². The molecule has 3 rings (SSSR count). The van der Waals surface area contributed by atoms with Crippen molar-refractivity contribution in [2.75, 3.05) is 23.5 Å². The van der Waals surface area contributed by atoms with Crippen molar-refractivity contribution >= 4 is 38.4 Å².